The van der Waals surface area contributed by atoms with Crippen molar-refractivity contribution in [3.8, 4) is 17.2 Å². The number of pyridine rings is 1. The van der Waals surface area contributed by atoms with Gasteiger partial charge in [0, 0.05) is 93.5 Å². The topological polar surface area (TPSA) is 107 Å². The molecule has 292 valence electrons. The first-order valence-electron chi connectivity index (χ1n) is 19.1. The van der Waals surface area contributed by atoms with E-state index in [2.05, 4.69) is 29.7 Å². The van der Waals surface area contributed by atoms with Crippen LogP contribution in [0.1, 0.15) is 74.5 Å². The van der Waals surface area contributed by atoms with Crippen molar-refractivity contribution in [1.82, 2.24) is 29.7 Å². The highest BCUT2D eigenvalue weighted by molar-refractivity contribution is 5.79. The van der Waals surface area contributed by atoms with Crippen molar-refractivity contribution in [2.24, 2.45) is 5.41 Å². The van der Waals surface area contributed by atoms with Gasteiger partial charge >= 0.3 is 0 Å². The first-order valence-corrected chi connectivity index (χ1v) is 19.1. The van der Waals surface area contributed by atoms with Crippen molar-refractivity contribution in [3.05, 3.63) is 65.6 Å². The molecule has 5 aliphatic rings. The number of anilines is 1. The molecule has 2 aromatic heterocycles. The number of hydrogen-bond acceptors (Lipinski definition) is 11. The Hall–Kier alpha value is -3.85. The Labute approximate surface area is 315 Å². The number of carbonyl (C=O) groups is 1. The summed E-state index contributed by atoms with van der Waals surface area (Å²) >= 11 is 0. The molecule has 2 saturated heterocycles. The Morgan fingerprint density at radius 1 is 1.02 bits per heavy atom. The van der Waals surface area contributed by atoms with Crippen LogP contribution in [0.2, 0.25) is 0 Å². The van der Waals surface area contributed by atoms with Crippen LogP contribution >= 0.6 is 0 Å². The second kappa shape index (κ2) is 15.4. The van der Waals surface area contributed by atoms with Crippen molar-refractivity contribution in [2.75, 3.05) is 57.8 Å². The number of alkyl halides is 2. The van der Waals surface area contributed by atoms with Gasteiger partial charge < -0.3 is 24.4 Å². The van der Waals surface area contributed by atoms with Crippen LogP contribution in [0.3, 0.4) is 0 Å². The quantitative estimate of drug-likeness (QED) is 0.234. The third-order valence-corrected chi connectivity index (χ3v) is 11.6. The van der Waals surface area contributed by atoms with E-state index in [0.29, 0.717) is 23.9 Å². The normalized spacial score (nSPS) is 22.6. The van der Waals surface area contributed by atoms with Gasteiger partial charge in [0.05, 0.1) is 17.4 Å². The number of hydrogen-bond donors (Lipinski definition) is 1. The predicted molar refractivity (Wildman–Crippen MR) is 198 cm³/mol. The van der Waals surface area contributed by atoms with E-state index in [9.17, 15) is 23.1 Å². The summed E-state index contributed by atoms with van der Waals surface area (Å²) in [7, 11) is 1.91. The average Bonchev–Trinajstić information content (AvgIpc) is 3.08. The Balaban J connectivity index is 0.000000353. The van der Waals surface area contributed by atoms with Crippen LogP contribution in [-0.2, 0) is 13.0 Å². The number of rotatable bonds is 12. The minimum atomic E-state index is -2.38. The largest absolute Gasteiger partial charge is 0.490 e. The fraction of sp³-hybridized carbons (Fsp3) is 0.600. The third kappa shape index (κ3) is 8.66. The van der Waals surface area contributed by atoms with Crippen LogP contribution in [0.4, 0.5) is 19.0 Å². The number of nitrogens with zero attached hydrogens (tertiary/aromatic N) is 7. The number of benzene rings is 1. The lowest BCUT2D eigenvalue weighted by Gasteiger charge is -2.59. The molecule has 14 heteroatoms. The summed E-state index contributed by atoms with van der Waals surface area (Å²) in [5.74, 6) is -0.554. The molecule has 0 unspecified atom stereocenters. The van der Waals surface area contributed by atoms with Gasteiger partial charge in [0.25, 0.3) is 5.92 Å². The Morgan fingerprint density at radius 3 is 2.44 bits per heavy atom. The minimum absolute atomic E-state index is 0.0433. The van der Waals surface area contributed by atoms with E-state index in [0.717, 1.165) is 95.6 Å². The number of likely N-dealkylation sites (tertiary alicyclic amines) is 1. The molecule has 3 aliphatic heterocycles. The molecule has 1 N–H and O–H groups in total. The van der Waals surface area contributed by atoms with Crippen LogP contribution in [-0.4, -0.2) is 124 Å². The van der Waals surface area contributed by atoms with Crippen molar-refractivity contribution < 1.29 is 32.5 Å². The van der Waals surface area contributed by atoms with Crippen molar-refractivity contribution >= 4 is 12.1 Å². The molecule has 1 aromatic carbocycles. The maximum atomic E-state index is 13.6. The van der Waals surface area contributed by atoms with Gasteiger partial charge in [-0.3, -0.25) is 19.6 Å². The monoisotopic (exact) mass is 751 g/mol. The number of β-amino-alcohol motifs (C(OH)–C–C–N with tert-alkyl or cyclic N) is 1. The fourth-order valence-corrected chi connectivity index (χ4v) is 8.48. The molecule has 0 bridgehead atoms. The van der Waals surface area contributed by atoms with Gasteiger partial charge in [-0.05, 0) is 84.4 Å². The minimum Gasteiger partial charge on any atom is -0.490 e. The van der Waals surface area contributed by atoms with E-state index in [1.807, 2.05) is 45.0 Å². The van der Waals surface area contributed by atoms with Crippen LogP contribution in [0.25, 0.3) is 0 Å². The van der Waals surface area contributed by atoms with E-state index in [1.54, 1.807) is 6.20 Å². The molecule has 1 spiro atoms. The predicted octanol–water partition coefficient (Wildman–Crippen LogP) is 5.60. The number of halogens is 3. The molecular weight excluding hydrogens is 699 g/mol. The molecule has 11 nitrogen and oxygen atoms in total. The van der Waals surface area contributed by atoms with Crippen LogP contribution < -0.4 is 14.4 Å². The van der Waals surface area contributed by atoms with E-state index < -0.39 is 17.3 Å². The molecule has 0 radical (unpaired) electrons. The van der Waals surface area contributed by atoms with Gasteiger partial charge in [0.1, 0.15) is 29.7 Å². The van der Waals surface area contributed by atoms with Crippen LogP contribution in [0.5, 0.6) is 17.2 Å². The standard InChI is InChI=1S/C32H37FN6O4.C8H15F2N/c1-31(41)17-38(18-31)9-2-8-37-10-6-26-25(15-37)28(5-7-35-26)42-24-12-32(13-24)19-39(20-32)30-29(14-34-21-36-30)43-27-4-3-23(33)11-22(27)16-40;1-6(2)11(3)7-4-8(9,10)5-7/h3-5,7,11,14,16,21,24,41H,2,6,8-10,12-13,15,17-20H2,1H3;6-7H,4-5H2,1-3H3. The number of ether oxygens (including phenoxy) is 2. The highest BCUT2D eigenvalue weighted by Crippen LogP contribution is 2.52. The molecular formula is C40H52F3N7O4. The molecule has 2 saturated carbocycles. The summed E-state index contributed by atoms with van der Waals surface area (Å²) in [6, 6.07) is 6.34. The molecule has 54 heavy (non-hydrogen) atoms. The first-order chi connectivity index (χ1) is 25.7. The molecule has 3 aromatic rings. The summed E-state index contributed by atoms with van der Waals surface area (Å²) in [6.07, 6.45) is 9.72. The second-order valence-electron chi connectivity index (χ2n) is 16.6. The highest BCUT2D eigenvalue weighted by atomic mass is 19.3. The zero-order chi connectivity index (χ0) is 38.3. The zero-order valence-electron chi connectivity index (χ0n) is 31.7. The van der Waals surface area contributed by atoms with Crippen molar-refractivity contribution in [2.45, 2.75) is 95.6 Å². The lowest BCUT2D eigenvalue weighted by molar-refractivity contribution is -0.124. The third-order valence-electron chi connectivity index (χ3n) is 11.6. The number of aldehydes is 1. The van der Waals surface area contributed by atoms with Gasteiger partial charge in [0.15, 0.2) is 17.9 Å². The van der Waals surface area contributed by atoms with Gasteiger partial charge in [-0.15, -0.1) is 0 Å². The maximum absolute atomic E-state index is 13.6. The first kappa shape index (κ1) is 38.4. The van der Waals surface area contributed by atoms with Gasteiger partial charge in [-0.2, -0.15) is 0 Å². The SMILES string of the molecule is CC(C)N(C)C1CC(F)(F)C1.CC1(O)CN(CCCN2CCc3nccc(OC4CC5(C4)CN(c4ncncc4Oc4ccc(F)cc4C=O)C5)c3C2)C1. The molecule has 0 atom stereocenters. The van der Waals surface area contributed by atoms with Crippen molar-refractivity contribution in [1.29, 1.82) is 0 Å². The Kier molecular flexibility index (Phi) is 10.9. The van der Waals surface area contributed by atoms with Crippen LogP contribution in [0, 0.1) is 11.2 Å². The highest BCUT2D eigenvalue weighted by Gasteiger charge is 2.54. The Bertz CT molecular complexity index is 1780. The maximum Gasteiger partial charge on any atom is 0.251 e. The molecule has 8 rings (SSSR count). The van der Waals surface area contributed by atoms with E-state index >= 15 is 0 Å². The summed E-state index contributed by atoms with van der Waals surface area (Å²) in [6.45, 7) is 13.1. The number of aromatic nitrogens is 3. The van der Waals surface area contributed by atoms with E-state index in [-0.39, 0.29) is 41.7 Å². The van der Waals surface area contributed by atoms with E-state index in [4.69, 9.17) is 9.47 Å². The Morgan fingerprint density at radius 2 is 1.76 bits per heavy atom. The zero-order valence-corrected chi connectivity index (χ0v) is 31.7. The van der Waals surface area contributed by atoms with E-state index in [1.165, 1.54) is 24.0 Å². The van der Waals surface area contributed by atoms with Gasteiger partial charge in [-0.25, -0.2) is 23.1 Å². The summed E-state index contributed by atoms with van der Waals surface area (Å²) in [5, 5.41) is 9.96. The molecule has 5 heterocycles. The van der Waals surface area contributed by atoms with Crippen molar-refractivity contribution in [3.63, 3.8) is 0 Å². The summed E-state index contributed by atoms with van der Waals surface area (Å²) in [4.78, 5) is 33.6. The summed E-state index contributed by atoms with van der Waals surface area (Å²) in [5.41, 5.74) is 2.16. The molecule has 4 fully saturated rings. The lowest BCUT2D eigenvalue weighted by atomic mass is 9.61. The molecule has 2 aliphatic carbocycles. The number of carbonyl (C=O) groups excluding carboxylic acids is 1. The average molecular weight is 752 g/mol. The number of fused-ring (bicyclic) bond motifs is 1. The van der Waals surface area contributed by atoms with Crippen LogP contribution in [0.15, 0.2) is 43.0 Å². The summed E-state index contributed by atoms with van der Waals surface area (Å²) < 4.78 is 50.9. The van der Waals surface area contributed by atoms with Gasteiger partial charge in [-0.1, -0.05) is 0 Å². The smallest absolute Gasteiger partial charge is 0.251 e. The fourth-order valence-electron chi connectivity index (χ4n) is 8.48. The number of aliphatic hydroxyl groups is 1. The lowest BCUT2D eigenvalue weighted by Crippen LogP contribution is -2.65. The molecule has 0 amide bonds. The van der Waals surface area contributed by atoms with Gasteiger partial charge in [0.2, 0.25) is 0 Å². The second-order valence-corrected chi connectivity index (χ2v) is 16.6.